The summed E-state index contributed by atoms with van der Waals surface area (Å²) in [4.78, 5) is 29.0. The number of hydrogen-bond acceptors (Lipinski definition) is 4. The van der Waals surface area contributed by atoms with Gasteiger partial charge in [0.2, 0.25) is 0 Å². The highest BCUT2D eigenvalue weighted by atomic mass is 16.6. The number of nitrogens with zero attached hydrogens (tertiary/aromatic N) is 4. The van der Waals surface area contributed by atoms with Gasteiger partial charge in [-0.05, 0) is 25.5 Å². The molecule has 2 amide bonds. The summed E-state index contributed by atoms with van der Waals surface area (Å²) >= 11 is 0. The van der Waals surface area contributed by atoms with E-state index < -0.39 is 5.60 Å². The molecule has 2 aromatic rings. The van der Waals surface area contributed by atoms with Gasteiger partial charge in [0.25, 0.3) is 5.91 Å². The summed E-state index contributed by atoms with van der Waals surface area (Å²) in [6.45, 7) is 6.01. The summed E-state index contributed by atoms with van der Waals surface area (Å²) in [5.74, 6) is -0.00780. The van der Waals surface area contributed by atoms with Crippen molar-refractivity contribution in [3.05, 3.63) is 36.2 Å². The van der Waals surface area contributed by atoms with Crippen molar-refractivity contribution in [3.8, 4) is 0 Å². The monoisotopic (exact) mass is 370 g/mol. The van der Waals surface area contributed by atoms with E-state index in [1.165, 1.54) is 0 Å². The molecule has 2 saturated heterocycles. The molecule has 0 saturated carbocycles. The molecule has 1 unspecified atom stereocenters. The van der Waals surface area contributed by atoms with Crippen LogP contribution in [-0.2, 0) is 4.74 Å². The molecule has 0 bridgehead atoms. The van der Waals surface area contributed by atoms with Crippen molar-refractivity contribution in [2.24, 2.45) is 0 Å². The number of amides is 2. The van der Waals surface area contributed by atoms with E-state index in [1.54, 1.807) is 10.7 Å². The summed E-state index contributed by atoms with van der Waals surface area (Å²) in [6, 6.07) is 5.89. The smallest absolute Gasteiger partial charge is 0.410 e. The summed E-state index contributed by atoms with van der Waals surface area (Å²) in [7, 11) is 0. The van der Waals surface area contributed by atoms with Gasteiger partial charge in [0.15, 0.2) is 0 Å². The van der Waals surface area contributed by atoms with Gasteiger partial charge in [0.1, 0.15) is 5.60 Å². The zero-order chi connectivity index (χ0) is 19.0. The summed E-state index contributed by atoms with van der Waals surface area (Å²) in [5.41, 5.74) is 0.986. The van der Waals surface area contributed by atoms with Crippen molar-refractivity contribution in [2.75, 3.05) is 19.6 Å². The van der Waals surface area contributed by atoms with Gasteiger partial charge < -0.3 is 14.5 Å². The molecule has 0 radical (unpaired) electrons. The van der Waals surface area contributed by atoms with Crippen LogP contribution in [0.3, 0.4) is 0 Å². The normalized spacial score (nSPS) is 20.3. The molecular formula is C20H26N4O3. The van der Waals surface area contributed by atoms with Crippen molar-refractivity contribution >= 4 is 17.5 Å². The average molecular weight is 370 g/mol. The average Bonchev–Trinajstić information content (AvgIpc) is 3.23. The SMILES string of the molecule is CCCC(C)N1CC2(CCN(C(=O)c3cnn4ccccc34)CC2)OC1=O. The van der Waals surface area contributed by atoms with E-state index in [0.717, 1.165) is 18.4 Å². The highest BCUT2D eigenvalue weighted by Gasteiger charge is 2.48. The van der Waals surface area contributed by atoms with E-state index in [0.29, 0.717) is 38.0 Å². The molecule has 1 atom stereocenters. The van der Waals surface area contributed by atoms with Crippen LogP contribution in [0.5, 0.6) is 0 Å². The lowest BCUT2D eigenvalue weighted by molar-refractivity contribution is 0.00313. The van der Waals surface area contributed by atoms with Crippen LogP contribution in [0.15, 0.2) is 30.6 Å². The maximum Gasteiger partial charge on any atom is 0.410 e. The number of rotatable bonds is 4. The zero-order valence-corrected chi connectivity index (χ0v) is 15.9. The van der Waals surface area contributed by atoms with Gasteiger partial charge in [0.05, 0.1) is 23.8 Å². The number of aromatic nitrogens is 2. The van der Waals surface area contributed by atoms with Crippen molar-refractivity contribution < 1.29 is 14.3 Å². The number of pyridine rings is 1. The number of ether oxygens (including phenoxy) is 1. The summed E-state index contributed by atoms with van der Waals surface area (Å²) in [5, 5.41) is 4.26. The van der Waals surface area contributed by atoms with Gasteiger partial charge >= 0.3 is 6.09 Å². The van der Waals surface area contributed by atoms with Crippen LogP contribution in [-0.4, -0.2) is 62.7 Å². The number of carbonyl (C=O) groups is 2. The molecule has 144 valence electrons. The van der Waals surface area contributed by atoms with Crippen LogP contribution in [0.1, 0.15) is 49.9 Å². The Kier molecular flexibility index (Phi) is 4.53. The molecule has 2 aromatic heterocycles. The molecule has 7 heteroatoms. The minimum absolute atomic E-state index is 0.00780. The molecule has 1 spiro atoms. The van der Waals surface area contributed by atoms with E-state index in [9.17, 15) is 9.59 Å². The molecule has 0 N–H and O–H groups in total. The highest BCUT2D eigenvalue weighted by molar-refractivity contribution is 6.00. The fourth-order valence-electron chi connectivity index (χ4n) is 4.21. The van der Waals surface area contributed by atoms with Crippen LogP contribution in [0, 0.1) is 0 Å². The van der Waals surface area contributed by atoms with Gasteiger partial charge in [-0.2, -0.15) is 5.10 Å². The van der Waals surface area contributed by atoms with Crippen LogP contribution in [0.4, 0.5) is 4.79 Å². The number of hydrogen-bond donors (Lipinski definition) is 0. The van der Waals surface area contributed by atoms with E-state index >= 15 is 0 Å². The van der Waals surface area contributed by atoms with Crippen molar-refractivity contribution in [1.29, 1.82) is 0 Å². The Morgan fingerprint density at radius 3 is 2.85 bits per heavy atom. The number of carbonyl (C=O) groups excluding carboxylic acids is 2. The third kappa shape index (κ3) is 3.15. The fraction of sp³-hybridized carbons (Fsp3) is 0.550. The van der Waals surface area contributed by atoms with Crippen LogP contribution in [0.2, 0.25) is 0 Å². The molecular weight excluding hydrogens is 344 g/mol. The number of likely N-dealkylation sites (tertiary alicyclic amines) is 1. The van der Waals surface area contributed by atoms with Gasteiger partial charge in [-0.25, -0.2) is 9.31 Å². The number of piperidine rings is 1. The molecule has 2 aliphatic rings. The Morgan fingerprint density at radius 2 is 2.11 bits per heavy atom. The fourth-order valence-corrected chi connectivity index (χ4v) is 4.21. The van der Waals surface area contributed by atoms with Gasteiger partial charge in [-0.15, -0.1) is 0 Å². The predicted octanol–water partition coefficient (Wildman–Crippen LogP) is 2.95. The minimum atomic E-state index is -0.447. The van der Waals surface area contributed by atoms with Crippen molar-refractivity contribution in [1.82, 2.24) is 19.4 Å². The van der Waals surface area contributed by atoms with Gasteiger partial charge in [-0.1, -0.05) is 19.4 Å². The molecule has 4 rings (SSSR count). The van der Waals surface area contributed by atoms with E-state index in [4.69, 9.17) is 4.74 Å². The predicted molar refractivity (Wildman–Crippen MR) is 101 cm³/mol. The Hall–Kier alpha value is -2.57. The van der Waals surface area contributed by atoms with Crippen LogP contribution >= 0.6 is 0 Å². The lowest BCUT2D eigenvalue weighted by Crippen LogP contribution is -2.49. The molecule has 0 aromatic carbocycles. The minimum Gasteiger partial charge on any atom is -0.441 e. The lowest BCUT2D eigenvalue weighted by atomic mass is 9.90. The first-order valence-electron chi connectivity index (χ1n) is 9.74. The van der Waals surface area contributed by atoms with E-state index in [2.05, 4.69) is 18.9 Å². The maximum atomic E-state index is 13.0. The molecule has 2 aliphatic heterocycles. The van der Waals surface area contributed by atoms with E-state index in [1.807, 2.05) is 34.2 Å². The second-order valence-electron chi connectivity index (χ2n) is 7.70. The molecule has 27 heavy (non-hydrogen) atoms. The first-order chi connectivity index (χ1) is 13.0. The van der Waals surface area contributed by atoms with Crippen LogP contribution < -0.4 is 0 Å². The Balaban J connectivity index is 1.43. The van der Waals surface area contributed by atoms with Crippen molar-refractivity contribution in [3.63, 3.8) is 0 Å². The molecule has 7 nitrogen and oxygen atoms in total. The van der Waals surface area contributed by atoms with Gasteiger partial charge in [-0.3, -0.25) is 4.79 Å². The molecule has 0 aliphatic carbocycles. The molecule has 4 heterocycles. The Labute approximate surface area is 158 Å². The standard InChI is InChI=1S/C20H26N4O3/c1-3-6-15(2)23-14-20(27-19(23)26)8-11-22(12-9-20)18(25)16-13-21-24-10-5-4-7-17(16)24/h4-5,7,10,13,15H,3,6,8-9,11-12,14H2,1-2H3. The highest BCUT2D eigenvalue weighted by Crippen LogP contribution is 2.35. The molecule has 2 fully saturated rings. The van der Waals surface area contributed by atoms with Gasteiger partial charge in [0, 0.05) is 38.2 Å². The third-order valence-electron chi connectivity index (χ3n) is 5.85. The number of fused-ring (bicyclic) bond motifs is 1. The third-order valence-corrected chi connectivity index (χ3v) is 5.85. The Morgan fingerprint density at radius 1 is 1.33 bits per heavy atom. The maximum absolute atomic E-state index is 13.0. The Bertz CT molecular complexity index is 854. The summed E-state index contributed by atoms with van der Waals surface area (Å²) in [6.07, 6.45) is 6.63. The second kappa shape index (κ2) is 6.87. The largest absolute Gasteiger partial charge is 0.441 e. The van der Waals surface area contributed by atoms with Crippen LogP contribution in [0.25, 0.3) is 5.52 Å². The quantitative estimate of drug-likeness (QED) is 0.830. The first-order valence-corrected chi connectivity index (χ1v) is 9.74. The zero-order valence-electron chi connectivity index (χ0n) is 15.9. The van der Waals surface area contributed by atoms with E-state index in [-0.39, 0.29) is 18.0 Å². The second-order valence-corrected chi connectivity index (χ2v) is 7.70. The van der Waals surface area contributed by atoms with Crippen molar-refractivity contribution in [2.45, 2.75) is 51.2 Å². The first kappa shape index (κ1) is 17.8. The topological polar surface area (TPSA) is 67.2 Å². The lowest BCUT2D eigenvalue weighted by Gasteiger charge is -2.37. The summed E-state index contributed by atoms with van der Waals surface area (Å²) < 4.78 is 7.50.